The second-order valence-electron chi connectivity index (χ2n) is 2.88. The van der Waals surface area contributed by atoms with Crippen molar-refractivity contribution >= 4 is 17.9 Å². The Hall–Kier alpha value is -1.36. The van der Waals surface area contributed by atoms with Crippen LogP contribution in [0.4, 0.5) is 4.79 Å². The van der Waals surface area contributed by atoms with Gasteiger partial charge >= 0.3 is 6.09 Å². The summed E-state index contributed by atoms with van der Waals surface area (Å²) in [5, 5.41) is 10.6. The van der Waals surface area contributed by atoms with Crippen LogP contribution in [-0.4, -0.2) is 29.3 Å². The molecule has 0 spiro atoms. The molecule has 2 aliphatic heterocycles. The highest BCUT2D eigenvalue weighted by Crippen LogP contribution is 2.28. The molecule has 1 amide bonds. The maximum absolute atomic E-state index is 10.7. The molecule has 0 unspecified atom stereocenters. The maximum atomic E-state index is 10.7. The van der Waals surface area contributed by atoms with Gasteiger partial charge in [0.2, 0.25) is 0 Å². The van der Waals surface area contributed by atoms with Crippen molar-refractivity contribution < 1.29 is 14.6 Å². The quantitative estimate of drug-likeness (QED) is 0.665. The van der Waals surface area contributed by atoms with Crippen LogP contribution >= 0.6 is 11.8 Å². The molecule has 0 saturated heterocycles. The van der Waals surface area contributed by atoms with Crippen LogP contribution in [0, 0.1) is 0 Å². The van der Waals surface area contributed by atoms with E-state index in [9.17, 15) is 4.79 Å². The van der Waals surface area contributed by atoms with Crippen molar-refractivity contribution in [2.24, 2.45) is 0 Å². The largest absolute Gasteiger partial charge is 0.496 e. The molecule has 2 rings (SSSR count). The van der Waals surface area contributed by atoms with E-state index in [2.05, 4.69) is 0 Å². The van der Waals surface area contributed by atoms with E-state index in [0.29, 0.717) is 13.2 Å². The molecular weight excluding hydrogens is 202 g/mol. The molecule has 2 heterocycles. The lowest BCUT2D eigenvalue weighted by atomic mass is 10.2. The van der Waals surface area contributed by atoms with E-state index < -0.39 is 6.09 Å². The van der Waals surface area contributed by atoms with Gasteiger partial charge in [0.1, 0.15) is 6.61 Å². The highest BCUT2D eigenvalue weighted by molar-refractivity contribution is 8.05. The molecular formula is C9H9NO3S. The number of carboxylic acid groups (broad SMARTS) is 1. The Morgan fingerprint density at radius 2 is 2.50 bits per heavy atom. The van der Waals surface area contributed by atoms with Crippen LogP contribution < -0.4 is 0 Å². The molecule has 0 atom stereocenters. The molecule has 74 valence electrons. The smallest absolute Gasteiger partial charge is 0.411 e. The van der Waals surface area contributed by atoms with E-state index in [1.165, 1.54) is 16.7 Å². The molecule has 4 nitrogen and oxygen atoms in total. The van der Waals surface area contributed by atoms with Crippen molar-refractivity contribution in [2.75, 3.05) is 13.2 Å². The molecule has 0 bridgehead atoms. The average Bonchev–Trinajstić information content (AvgIpc) is 2.41. The van der Waals surface area contributed by atoms with Crippen molar-refractivity contribution in [3.8, 4) is 0 Å². The van der Waals surface area contributed by atoms with E-state index in [1.807, 2.05) is 5.41 Å². The topological polar surface area (TPSA) is 49.8 Å². The fraction of sp³-hybridized carbons (Fsp3) is 0.222. The van der Waals surface area contributed by atoms with Gasteiger partial charge in [0.05, 0.1) is 12.8 Å². The minimum atomic E-state index is -0.928. The van der Waals surface area contributed by atoms with Gasteiger partial charge in [-0.2, -0.15) is 0 Å². The van der Waals surface area contributed by atoms with Crippen molar-refractivity contribution in [1.29, 1.82) is 0 Å². The summed E-state index contributed by atoms with van der Waals surface area (Å²) in [7, 11) is 0. The number of hydrogen-bond acceptors (Lipinski definition) is 3. The van der Waals surface area contributed by atoms with Crippen LogP contribution in [0.3, 0.4) is 0 Å². The van der Waals surface area contributed by atoms with Crippen LogP contribution in [0.2, 0.25) is 0 Å². The molecule has 0 fully saturated rings. The fourth-order valence-corrected chi connectivity index (χ4v) is 2.03. The molecule has 0 aromatic heterocycles. The Morgan fingerprint density at radius 3 is 3.29 bits per heavy atom. The van der Waals surface area contributed by atoms with Crippen molar-refractivity contribution in [2.45, 2.75) is 0 Å². The van der Waals surface area contributed by atoms with Gasteiger partial charge in [-0.3, -0.25) is 4.90 Å². The van der Waals surface area contributed by atoms with Crippen molar-refractivity contribution in [3.63, 3.8) is 0 Å². The van der Waals surface area contributed by atoms with Crippen LogP contribution in [0.15, 0.2) is 34.4 Å². The third kappa shape index (κ3) is 1.77. The minimum absolute atomic E-state index is 0.416. The van der Waals surface area contributed by atoms with E-state index in [-0.39, 0.29) is 0 Å². The summed E-state index contributed by atoms with van der Waals surface area (Å²) < 4.78 is 5.18. The summed E-state index contributed by atoms with van der Waals surface area (Å²) >= 11 is 1.51. The predicted octanol–water partition coefficient (Wildman–Crippen LogP) is 1.98. The maximum Gasteiger partial charge on any atom is 0.411 e. The standard InChI is InChI=1S/C9H9NO3S/c11-9(12)10-2-1-7-6-13-3-4-14-8(7)5-10/h1-4H,5-6H2,(H,11,12). The van der Waals surface area contributed by atoms with Crippen molar-refractivity contribution in [3.05, 3.63) is 34.4 Å². The van der Waals surface area contributed by atoms with E-state index >= 15 is 0 Å². The Morgan fingerprint density at radius 1 is 1.64 bits per heavy atom. The predicted molar refractivity (Wildman–Crippen MR) is 53.6 cm³/mol. The second kappa shape index (κ2) is 3.79. The minimum Gasteiger partial charge on any atom is -0.496 e. The van der Waals surface area contributed by atoms with Gasteiger partial charge in [0.25, 0.3) is 0 Å². The number of ether oxygens (including phenoxy) is 1. The molecule has 14 heavy (non-hydrogen) atoms. The van der Waals surface area contributed by atoms with Gasteiger partial charge in [-0.25, -0.2) is 4.79 Å². The summed E-state index contributed by atoms with van der Waals surface area (Å²) in [6, 6.07) is 0. The average molecular weight is 211 g/mol. The summed E-state index contributed by atoms with van der Waals surface area (Å²) in [4.78, 5) is 13.0. The zero-order valence-corrected chi connectivity index (χ0v) is 8.16. The third-order valence-corrected chi connectivity index (χ3v) is 2.90. The molecule has 0 aliphatic carbocycles. The zero-order valence-electron chi connectivity index (χ0n) is 7.34. The van der Waals surface area contributed by atoms with E-state index in [0.717, 1.165) is 10.5 Å². The van der Waals surface area contributed by atoms with Crippen LogP contribution in [0.5, 0.6) is 0 Å². The summed E-state index contributed by atoms with van der Waals surface area (Å²) in [5.41, 5.74) is 1.05. The Kier molecular flexibility index (Phi) is 2.49. The number of rotatable bonds is 0. The van der Waals surface area contributed by atoms with Gasteiger partial charge in [-0.1, -0.05) is 11.8 Å². The first-order chi connectivity index (χ1) is 6.77. The first kappa shape index (κ1) is 9.21. The third-order valence-electron chi connectivity index (χ3n) is 1.97. The second-order valence-corrected chi connectivity index (χ2v) is 3.88. The first-order valence-corrected chi connectivity index (χ1v) is 4.98. The van der Waals surface area contributed by atoms with Gasteiger partial charge < -0.3 is 9.84 Å². The molecule has 0 aromatic carbocycles. The summed E-state index contributed by atoms with van der Waals surface area (Å²) in [5.74, 6) is 0. The molecule has 5 heteroatoms. The lowest BCUT2D eigenvalue weighted by molar-refractivity contribution is 0.165. The molecule has 0 aromatic rings. The van der Waals surface area contributed by atoms with E-state index in [4.69, 9.17) is 9.84 Å². The van der Waals surface area contributed by atoms with Gasteiger partial charge in [0.15, 0.2) is 0 Å². The van der Waals surface area contributed by atoms with Gasteiger partial charge in [-0.05, 0) is 6.08 Å². The number of nitrogens with zero attached hydrogens (tertiary/aromatic N) is 1. The van der Waals surface area contributed by atoms with Crippen LogP contribution in [0.1, 0.15) is 0 Å². The number of thioether (sulfide) groups is 1. The highest BCUT2D eigenvalue weighted by Gasteiger charge is 2.18. The summed E-state index contributed by atoms with van der Waals surface area (Å²) in [6.07, 6.45) is 4.05. The van der Waals surface area contributed by atoms with Gasteiger partial charge in [0, 0.05) is 22.1 Å². The summed E-state index contributed by atoms with van der Waals surface area (Å²) in [6.45, 7) is 0.933. The van der Waals surface area contributed by atoms with Gasteiger partial charge in [-0.15, -0.1) is 0 Å². The molecule has 0 radical (unpaired) electrons. The number of carbonyl (C=O) groups is 1. The Balaban J connectivity index is 2.17. The first-order valence-electron chi connectivity index (χ1n) is 4.10. The monoisotopic (exact) mass is 211 g/mol. The lowest BCUT2D eigenvalue weighted by Crippen LogP contribution is -2.28. The molecule has 2 aliphatic rings. The fourth-order valence-electron chi connectivity index (χ4n) is 1.24. The SMILES string of the molecule is O=C(O)N1C=CC2=C(C1)SC=COC2. The zero-order chi connectivity index (χ0) is 9.97. The number of amides is 1. The Labute approximate surface area is 85.5 Å². The van der Waals surface area contributed by atoms with Crippen LogP contribution in [-0.2, 0) is 4.74 Å². The highest BCUT2D eigenvalue weighted by atomic mass is 32.2. The lowest BCUT2D eigenvalue weighted by Gasteiger charge is -2.21. The molecule has 0 saturated carbocycles. The van der Waals surface area contributed by atoms with E-state index in [1.54, 1.807) is 18.5 Å². The molecule has 1 N–H and O–H groups in total. The number of hydrogen-bond donors (Lipinski definition) is 1. The van der Waals surface area contributed by atoms with Crippen molar-refractivity contribution in [1.82, 2.24) is 4.90 Å². The van der Waals surface area contributed by atoms with Crippen LogP contribution in [0.25, 0.3) is 0 Å². The Bertz CT molecular complexity index is 346. The normalized spacial score (nSPS) is 20.1.